The lowest BCUT2D eigenvalue weighted by Crippen LogP contribution is -2.50. The van der Waals surface area contributed by atoms with E-state index in [1.807, 2.05) is 0 Å². The molecule has 0 N–H and O–H groups in total. The van der Waals surface area contributed by atoms with Crippen molar-refractivity contribution in [3.8, 4) is 0 Å². The summed E-state index contributed by atoms with van der Waals surface area (Å²) in [6, 6.07) is 0. The summed E-state index contributed by atoms with van der Waals surface area (Å²) in [6.07, 6.45) is 1.23. The van der Waals surface area contributed by atoms with Crippen molar-refractivity contribution in [1.29, 1.82) is 0 Å². The van der Waals surface area contributed by atoms with Crippen LogP contribution in [0.25, 0.3) is 0 Å². The summed E-state index contributed by atoms with van der Waals surface area (Å²) in [5.41, 5.74) is 2.74. The van der Waals surface area contributed by atoms with Gasteiger partial charge in [-0.15, -0.1) is 0 Å². The fraction of sp³-hybridized carbons (Fsp3) is 0.700. The van der Waals surface area contributed by atoms with Gasteiger partial charge in [-0.3, -0.25) is 9.59 Å². The highest BCUT2D eigenvalue weighted by molar-refractivity contribution is 6.94. The second-order valence-corrected chi connectivity index (χ2v) is 14.8. The van der Waals surface area contributed by atoms with E-state index in [1.165, 1.54) is 0 Å². The molecule has 0 aromatic rings. The molecule has 4 aliphatic rings. The van der Waals surface area contributed by atoms with Gasteiger partial charge in [0.15, 0.2) is 17.9 Å². The molecular weight excluding hydrogens is 332 g/mol. The first-order valence-corrected chi connectivity index (χ1v) is 11.7. The zero-order valence-corrected chi connectivity index (χ0v) is 17.0. The maximum Gasteiger partial charge on any atom is 0.181 e. The van der Waals surface area contributed by atoms with Crippen LogP contribution in [0.1, 0.15) is 41.5 Å². The highest BCUT2D eigenvalue weighted by Gasteiger charge is 2.71. The van der Waals surface area contributed by atoms with E-state index in [0.29, 0.717) is 29.8 Å². The molecule has 4 rings (SSSR count). The van der Waals surface area contributed by atoms with Crippen molar-refractivity contribution in [3.05, 3.63) is 22.4 Å². The Morgan fingerprint density at radius 3 is 2.20 bits per heavy atom. The molecule has 2 saturated heterocycles. The Balaban J connectivity index is 2.05. The van der Waals surface area contributed by atoms with Crippen molar-refractivity contribution in [1.82, 2.24) is 0 Å². The van der Waals surface area contributed by atoms with Gasteiger partial charge in [-0.05, 0) is 33.5 Å². The van der Waals surface area contributed by atoms with Gasteiger partial charge < -0.3 is 9.47 Å². The third-order valence-electron chi connectivity index (χ3n) is 7.31. The largest absolute Gasteiger partial charge is 0.347 e. The second kappa shape index (κ2) is 5.24. The van der Waals surface area contributed by atoms with E-state index >= 15 is 0 Å². The number of hydrogen-bond acceptors (Lipinski definition) is 4. The molecule has 2 fully saturated rings. The van der Waals surface area contributed by atoms with E-state index in [-0.39, 0.29) is 11.6 Å². The molecule has 25 heavy (non-hydrogen) atoms. The Labute approximate surface area is 150 Å². The number of allylic oxidation sites excluding steroid dienone is 2. The van der Waals surface area contributed by atoms with Gasteiger partial charge in [0.25, 0.3) is 0 Å². The summed E-state index contributed by atoms with van der Waals surface area (Å²) in [7, 11) is -2.19. The second-order valence-electron chi connectivity index (χ2n) is 8.98. The molecule has 0 aromatic heterocycles. The number of hydrogen-bond donors (Lipinski definition) is 0. The smallest absolute Gasteiger partial charge is 0.181 e. The molecule has 2 heterocycles. The average Bonchev–Trinajstić information content (AvgIpc) is 3.04. The third kappa shape index (κ3) is 1.75. The highest BCUT2D eigenvalue weighted by Crippen LogP contribution is 2.65. The van der Waals surface area contributed by atoms with Gasteiger partial charge in [-0.25, -0.2) is 0 Å². The Hall–Kier alpha value is -1.04. The van der Waals surface area contributed by atoms with Crippen LogP contribution in [0.5, 0.6) is 0 Å². The molecule has 2 bridgehead atoms. The highest BCUT2D eigenvalue weighted by atomic mass is 28.3. The lowest BCUT2D eigenvalue weighted by molar-refractivity contribution is -0.129. The van der Waals surface area contributed by atoms with E-state index in [4.69, 9.17) is 9.47 Å². The predicted molar refractivity (Wildman–Crippen MR) is 97.8 cm³/mol. The minimum absolute atomic E-state index is 0.0404. The molecule has 1 unspecified atom stereocenters. The van der Waals surface area contributed by atoms with Gasteiger partial charge in [-0.2, -0.15) is 0 Å². The molecule has 0 saturated carbocycles. The average molecular weight is 361 g/mol. The van der Waals surface area contributed by atoms with Crippen molar-refractivity contribution in [2.45, 2.75) is 64.5 Å². The van der Waals surface area contributed by atoms with Crippen molar-refractivity contribution < 1.29 is 19.1 Å². The molecule has 0 aromatic carbocycles. The third-order valence-corrected chi connectivity index (χ3v) is 14.4. The van der Waals surface area contributed by atoms with E-state index in [2.05, 4.69) is 41.5 Å². The van der Waals surface area contributed by atoms with Gasteiger partial charge in [0.05, 0.1) is 32.6 Å². The Morgan fingerprint density at radius 2 is 1.64 bits per heavy atom. The first-order valence-electron chi connectivity index (χ1n) is 9.48. The number of ether oxygens (including phenoxy) is 2. The molecule has 3 atom stereocenters. The van der Waals surface area contributed by atoms with E-state index in [1.54, 1.807) is 6.08 Å². The fourth-order valence-electron chi connectivity index (χ4n) is 6.65. The fourth-order valence-corrected chi connectivity index (χ4v) is 13.8. The van der Waals surface area contributed by atoms with Crippen LogP contribution in [-0.2, 0) is 19.1 Å². The minimum atomic E-state index is -2.19. The molecule has 4 nitrogen and oxygen atoms in total. The number of carbonyl (C=O) groups excluding carboxylic acids is 2. The monoisotopic (exact) mass is 360 g/mol. The minimum Gasteiger partial charge on any atom is -0.347 e. The lowest BCUT2D eigenvalue weighted by Gasteiger charge is -2.45. The van der Waals surface area contributed by atoms with E-state index in [0.717, 1.165) is 16.3 Å². The van der Waals surface area contributed by atoms with Gasteiger partial charge in [0.1, 0.15) is 0 Å². The van der Waals surface area contributed by atoms with Crippen LogP contribution in [-0.4, -0.2) is 39.1 Å². The predicted octanol–water partition coefficient (Wildman–Crippen LogP) is 3.58. The molecule has 1 spiro atoms. The summed E-state index contributed by atoms with van der Waals surface area (Å²) in [6.45, 7) is 14.4. The standard InChI is InChI=1S/C20H28O4Si/c1-10(2)25(11(3)4,12(5)6)18-16-19-23-8-13-7-14(21)15(17(18)22)20(13,16)9-24-19/h7,10-12,15,19H,8-9H2,1-6H3/t15-,19?,20-/m1/s1. The van der Waals surface area contributed by atoms with Crippen molar-refractivity contribution >= 4 is 19.6 Å². The Morgan fingerprint density at radius 1 is 1.04 bits per heavy atom. The number of ketones is 2. The quantitative estimate of drug-likeness (QED) is 0.568. The maximum absolute atomic E-state index is 13.7. The zero-order chi connectivity index (χ0) is 18.3. The zero-order valence-electron chi connectivity index (χ0n) is 16.0. The Bertz CT molecular complexity index is 708. The normalized spacial score (nSPS) is 34.0. The van der Waals surface area contributed by atoms with Crippen molar-refractivity contribution in [2.24, 2.45) is 11.3 Å². The van der Waals surface area contributed by atoms with E-state index in [9.17, 15) is 9.59 Å². The lowest BCUT2D eigenvalue weighted by atomic mass is 9.72. The van der Waals surface area contributed by atoms with Crippen LogP contribution in [0.15, 0.2) is 22.4 Å². The van der Waals surface area contributed by atoms with Gasteiger partial charge in [0.2, 0.25) is 0 Å². The van der Waals surface area contributed by atoms with Crippen LogP contribution >= 0.6 is 0 Å². The number of carbonyl (C=O) groups is 2. The number of Topliss-reactive ketones (excluding diaryl/α,β-unsaturated/α-hetero) is 1. The summed E-state index contributed by atoms with van der Waals surface area (Å²) >= 11 is 0. The first-order chi connectivity index (χ1) is 11.7. The van der Waals surface area contributed by atoms with Gasteiger partial charge >= 0.3 is 0 Å². The van der Waals surface area contributed by atoms with Crippen LogP contribution < -0.4 is 0 Å². The molecule has 2 aliphatic carbocycles. The summed E-state index contributed by atoms with van der Waals surface area (Å²) in [5.74, 6) is -0.529. The van der Waals surface area contributed by atoms with Crippen molar-refractivity contribution in [2.75, 3.05) is 13.2 Å². The van der Waals surface area contributed by atoms with E-state index < -0.39 is 25.7 Å². The van der Waals surface area contributed by atoms with Crippen LogP contribution in [0.2, 0.25) is 16.6 Å². The number of rotatable bonds is 4. The molecule has 5 heteroatoms. The van der Waals surface area contributed by atoms with Crippen LogP contribution in [0, 0.1) is 11.3 Å². The molecule has 2 aliphatic heterocycles. The van der Waals surface area contributed by atoms with Gasteiger partial charge in [-0.1, -0.05) is 41.5 Å². The summed E-state index contributed by atoms with van der Waals surface area (Å²) in [4.78, 5) is 26.5. The summed E-state index contributed by atoms with van der Waals surface area (Å²) in [5, 5.41) is 0.985. The molecular formula is C20H28O4Si. The van der Waals surface area contributed by atoms with Gasteiger partial charge in [0, 0.05) is 5.57 Å². The molecule has 0 amide bonds. The Kier molecular flexibility index (Phi) is 3.64. The van der Waals surface area contributed by atoms with Crippen LogP contribution in [0.3, 0.4) is 0 Å². The van der Waals surface area contributed by atoms with Crippen molar-refractivity contribution in [3.63, 3.8) is 0 Å². The molecule has 0 radical (unpaired) electrons. The van der Waals surface area contributed by atoms with Crippen LogP contribution in [0.4, 0.5) is 0 Å². The molecule has 136 valence electrons. The topological polar surface area (TPSA) is 52.6 Å². The maximum atomic E-state index is 13.7. The first kappa shape index (κ1) is 17.4. The SMILES string of the molecule is CC(C)[Si](C1=C2C3OCC4=CC(=O)[C@H](C1=O)[C@@]42CO3)(C(C)C)C(C)C. The summed E-state index contributed by atoms with van der Waals surface area (Å²) < 4.78 is 11.9.